The molecule has 2 N–H and O–H groups in total. The zero-order valence-corrected chi connectivity index (χ0v) is 7.38. The van der Waals surface area contributed by atoms with Crippen LogP contribution in [0.3, 0.4) is 0 Å². The number of methoxy groups -OCH3 is 1. The van der Waals surface area contributed by atoms with Gasteiger partial charge in [0, 0.05) is 6.04 Å². The van der Waals surface area contributed by atoms with E-state index in [1.807, 2.05) is 0 Å². The van der Waals surface area contributed by atoms with E-state index >= 15 is 0 Å². The SMILES string of the molecule is COC(=O)C1CC2(CC2)CC1N. The number of carbonyl (C=O) groups excluding carboxylic acids is 1. The van der Waals surface area contributed by atoms with E-state index in [9.17, 15) is 4.79 Å². The van der Waals surface area contributed by atoms with E-state index in [2.05, 4.69) is 0 Å². The topological polar surface area (TPSA) is 52.3 Å². The highest BCUT2D eigenvalue weighted by atomic mass is 16.5. The van der Waals surface area contributed by atoms with Crippen molar-refractivity contribution in [2.45, 2.75) is 31.7 Å². The average molecular weight is 169 g/mol. The number of rotatable bonds is 1. The van der Waals surface area contributed by atoms with Crippen LogP contribution >= 0.6 is 0 Å². The summed E-state index contributed by atoms with van der Waals surface area (Å²) in [6.45, 7) is 0. The molecule has 0 radical (unpaired) electrons. The van der Waals surface area contributed by atoms with E-state index in [1.165, 1.54) is 20.0 Å². The van der Waals surface area contributed by atoms with Crippen molar-refractivity contribution in [3.63, 3.8) is 0 Å². The Bertz CT molecular complexity index is 211. The fourth-order valence-electron chi connectivity index (χ4n) is 2.34. The largest absolute Gasteiger partial charge is 0.469 e. The van der Waals surface area contributed by atoms with Gasteiger partial charge in [0.05, 0.1) is 13.0 Å². The van der Waals surface area contributed by atoms with Gasteiger partial charge in [-0.1, -0.05) is 0 Å². The minimum absolute atomic E-state index is 0.0301. The fraction of sp³-hybridized carbons (Fsp3) is 0.889. The van der Waals surface area contributed by atoms with Crippen LogP contribution in [0.1, 0.15) is 25.7 Å². The van der Waals surface area contributed by atoms with Gasteiger partial charge in [-0.25, -0.2) is 0 Å². The summed E-state index contributed by atoms with van der Waals surface area (Å²) in [5.41, 5.74) is 6.31. The van der Waals surface area contributed by atoms with Crippen molar-refractivity contribution in [1.29, 1.82) is 0 Å². The van der Waals surface area contributed by atoms with Crippen LogP contribution in [0, 0.1) is 11.3 Å². The Kier molecular flexibility index (Phi) is 1.65. The molecule has 0 aromatic carbocycles. The van der Waals surface area contributed by atoms with Gasteiger partial charge in [-0.2, -0.15) is 0 Å². The normalized spacial score (nSPS) is 36.8. The first kappa shape index (κ1) is 8.05. The van der Waals surface area contributed by atoms with Gasteiger partial charge >= 0.3 is 5.97 Å². The first-order valence-electron chi connectivity index (χ1n) is 4.50. The van der Waals surface area contributed by atoms with Crippen LogP contribution in [-0.2, 0) is 9.53 Å². The molecule has 0 heterocycles. The molecule has 0 amide bonds. The van der Waals surface area contributed by atoms with E-state index in [-0.39, 0.29) is 17.9 Å². The predicted octanol–water partition coefficient (Wildman–Crippen LogP) is 0.677. The molecule has 2 atom stereocenters. The van der Waals surface area contributed by atoms with Gasteiger partial charge in [-0.05, 0) is 31.1 Å². The number of hydrogen-bond acceptors (Lipinski definition) is 3. The molecule has 2 fully saturated rings. The molecule has 2 rings (SSSR count). The summed E-state index contributed by atoms with van der Waals surface area (Å²) >= 11 is 0. The molecule has 12 heavy (non-hydrogen) atoms. The third kappa shape index (κ3) is 1.12. The van der Waals surface area contributed by atoms with Crippen molar-refractivity contribution in [1.82, 2.24) is 0 Å². The zero-order chi connectivity index (χ0) is 8.77. The number of carbonyl (C=O) groups is 1. The van der Waals surface area contributed by atoms with Crippen molar-refractivity contribution in [2.24, 2.45) is 17.1 Å². The van der Waals surface area contributed by atoms with Crippen LogP contribution in [0.2, 0.25) is 0 Å². The van der Waals surface area contributed by atoms with Gasteiger partial charge in [0.25, 0.3) is 0 Å². The van der Waals surface area contributed by atoms with E-state index < -0.39 is 0 Å². The van der Waals surface area contributed by atoms with Crippen LogP contribution < -0.4 is 5.73 Å². The van der Waals surface area contributed by atoms with Gasteiger partial charge in [-0.15, -0.1) is 0 Å². The molecular formula is C9H15NO2. The standard InChI is InChI=1S/C9H15NO2/c1-12-8(11)6-4-9(2-3-9)5-7(6)10/h6-7H,2-5,10H2,1H3. The number of hydrogen-bond donors (Lipinski definition) is 1. The molecule has 2 aliphatic carbocycles. The first-order chi connectivity index (χ1) is 5.67. The highest BCUT2D eigenvalue weighted by molar-refractivity contribution is 5.73. The second-order valence-corrected chi connectivity index (χ2v) is 4.20. The lowest BCUT2D eigenvalue weighted by Crippen LogP contribution is -2.31. The van der Waals surface area contributed by atoms with Crippen molar-refractivity contribution in [3.05, 3.63) is 0 Å². The Morgan fingerprint density at radius 3 is 2.58 bits per heavy atom. The van der Waals surface area contributed by atoms with E-state index in [1.54, 1.807) is 0 Å². The van der Waals surface area contributed by atoms with Gasteiger partial charge in [0.2, 0.25) is 0 Å². The molecule has 0 aliphatic heterocycles. The summed E-state index contributed by atoms with van der Waals surface area (Å²) < 4.78 is 4.71. The van der Waals surface area contributed by atoms with Gasteiger partial charge < -0.3 is 10.5 Å². The fourth-order valence-corrected chi connectivity index (χ4v) is 2.34. The Morgan fingerprint density at radius 1 is 1.50 bits per heavy atom. The Labute approximate surface area is 72.3 Å². The molecule has 2 aliphatic rings. The molecule has 2 saturated carbocycles. The third-order valence-electron chi connectivity index (χ3n) is 3.30. The lowest BCUT2D eigenvalue weighted by molar-refractivity contribution is -0.145. The average Bonchev–Trinajstić information content (AvgIpc) is 2.70. The Balaban J connectivity index is 2.03. The molecule has 0 saturated heterocycles. The number of nitrogens with two attached hydrogens (primary N) is 1. The molecule has 1 spiro atoms. The lowest BCUT2D eigenvalue weighted by Gasteiger charge is -2.11. The molecule has 68 valence electrons. The third-order valence-corrected chi connectivity index (χ3v) is 3.30. The molecule has 3 nitrogen and oxygen atoms in total. The summed E-state index contributed by atoms with van der Waals surface area (Å²) in [5, 5.41) is 0. The summed E-state index contributed by atoms with van der Waals surface area (Å²) in [7, 11) is 1.44. The van der Waals surface area contributed by atoms with Gasteiger partial charge in [-0.3, -0.25) is 4.79 Å². The monoisotopic (exact) mass is 169 g/mol. The molecule has 0 aromatic heterocycles. The molecule has 3 heteroatoms. The quantitative estimate of drug-likeness (QED) is 0.587. The van der Waals surface area contributed by atoms with Crippen LogP contribution in [-0.4, -0.2) is 19.1 Å². The molecule has 0 aromatic rings. The smallest absolute Gasteiger partial charge is 0.310 e. The molecule has 0 bridgehead atoms. The second-order valence-electron chi connectivity index (χ2n) is 4.20. The first-order valence-corrected chi connectivity index (χ1v) is 4.50. The van der Waals surface area contributed by atoms with Crippen LogP contribution in [0.15, 0.2) is 0 Å². The van der Waals surface area contributed by atoms with E-state index in [4.69, 9.17) is 10.5 Å². The highest BCUT2D eigenvalue weighted by Crippen LogP contribution is 2.59. The minimum atomic E-state index is -0.119. The maximum Gasteiger partial charge on any atom is 0.310 e. The Morgan fingerprint density at radius 2 is 2.17 bits per heavy atom. The van der Waals surface area contributed by atoms with E-state index in [0.29, 0.717) is 5.41 Å². The summed E-state index contributed by atoms with van der Waals surface area (Å²) in [6, 6.07) is 0.0416. The van der Waals surface area contributed by atoms with E-state index in [0.717, 1.165) is 12.8 Å². The lowest BCUT2D eigenvalue weighted by atomic mass is 10.0. The van der Waals surface area contributed by atoms with Crippen molar-refractivity contribution in [2.75, 3.05) is 7.11 Å². The molecule has 2 unspecified atom stereocenters. The van der Waals surface area contributed by atoms with Crippen molar-refractivity contribution >= 4 is 5.97 Å². The van der Waals surface area contributed by atoms with Crippen molar-refractivity contribution < 1.29 is 9.53 Å². The van der Waals surface area contributed by atoms with Crippen LogP contribution in [0.4, 0.5) is 0 Å². The highest BCUT2D eigenvalue weighted by Gasteiger charge is 2.53. The maximum absolute atomic E-state index is 11.2. The number of esters is 1. The maximum atomic E-state index is 11.2. The summed E-state index contributed by atoms with van der Waals surface area (Å²) in [6.07, 6.45) is 4.50. The van der Waals surface area contributed by atoms with Gasteiger partial charge in [0.15, 0.2) is 0 Å². The minimum Gasteiger partial charge on any atom is -0.469 e. The van der Waals surface area contributed by atoms with Crippen LogP contribution in [0.5, 0.6) is 0 Å². The Hall–Kier alpha value is -0.570. The number of ether oxygens (including phenoxy) is 1. The summed E-state index contributed by atoms with van der Waals surface area (Å²) in [5.74, 6) is -0.149. The van der Waals surface area contributed by atoms with Crippen molar-refractivity contribution in [3.8, 4) is 0 Å². The van der Waals surface area contributed by atoms with Gasteiger partial charge in [0.1, 0.15) is 0 Å². The zero-order valence-electron chi connectivity index (χ0n) is 7.38. The second kappa shape index (κ2) is 2.46. The molecular weight excluding hydrogens is 154 g/mol. The predicted molar refractivity (Wildman–Crippen MR) is 44.4 cm³/mol. The summed E-state index contributed by atoms with van der Waals surface area (Å²) in [4.78, 5) is 11.2. The van der Waals surface area contributed by atoms with Crippen LogP contribution in [0.25, 0.3) is 0 Å².